The topological polar surface area (TPSA) is 68.4 Å². The monoisotopic (exact) mass is 341 g/mol. The summed E-state index contributed by atoms with van der Waals surface area (Å²) in [6.45, 7) is 1.77. The average molecular weight is 341 g/mol. The molecule has 4 aromatic heterocycles. The quantitative estimate of drug-likeness (QED) is 0.502. The Bertz CT molecular complexity index is 815. The van der Waals surface area contributed by atoms with E-state index in [2.05, 4.69) is 15.0 Å². The summed E-state index contributed by atoms with van der Waals surface area (Å²) >= 11 is 1.61. The molecule has 0 radical (unpaired) electrons. The Kier molecular flexibility index (Phi) is 4.26. The standard InChI is InChI=1S/C17H15N3O3S/c1-3-14(21-6-1)9-20(10-15-4-2-7-22-15)11-16-18-17(19-23-16)13-5-8-24-12-13/h1-8,12H,9-11H2. The van der Waals surface area contributed by atoms with Crippen molar-refractivity contribution in [3.05, 3.63) is 71.0 Å². The van der Waals surface area contributed by atoms with Gasteiger partial charge in [0.15, 0.2) is 0 Å². The molecule has 0 unspecified atom stereocenters. The summed E-state index contributed by atoms with van der Waals surface area (Å²) in [5.74, 6) is 2.93. The highest BCUT2D eigenvalue weighted by Gasteiger charge is 2.16. The minimum absolute atomic E-state index is 0.512. The Balaban J connectivity index is 1.50. The van der Waals surface area contributed by atoms with E-state index in [0.29, 0.717) is 31.3 Å². The Hall–Kier alpha value is -2.64. The lowest BCUT2D eigenvalue weighted by atomic mass is 10.3. The molecular weight excluding hydrogens is 326 g/mol. The van der Waals surface area contributed by atoms with E-state index in [9.17, 15) is 0 Å². The van der Waals surface area contributed by atoms with Crippen LogP contribution in [0.4, 0.5) is 0 Å². The van der Waals surface area contributed by atoms with E-state index in [-0.39, 0.29) is 0 Å². The molecule has 0 fully saturated rings. The zero-order valence-corrected chi connectivity index (χ0v) is 13.6. The number of rotatable bonds is 7. The first kappa shape index (κ1) is 14.9. The minimum atomic E-state index is 0.512. The molecule has 0 amide bonds. The molecule has 4 rings (SSSR count). The maximum Gasteiger partial charge on any atom is 0.241 e. The Morgan fingerprint density at radius 1 is 0.958 bits per heavy atom. The second kappa shape index (κ2) is 6.86. The van der Waals surface area contributed by atoms with E-state index in [1.807, 2.05) is 41.1 Å². The van der Waals surface area contributed by atoms with Gasteiger partial charge in [-0.15, -0.1) is 0 Å². The van der Waals surface area contributed by atoms with Gasteiger partial charge in [-0.1, -0.05) is 5.16 Å². The summed E-state index contributed by atoms with van der Waals surface area (Å²) in [6.07, 6.45) is 3.34. The second-order valence-electron chi connectivity index (χ2n) is 5.33. The largest absolute Gasteiger partial charge is 0.468 e. The number of hydrogen-bond acceptors (Lipinski definition) is 7. The fraction of sp³-hybridized carbons (Fsp3) is 0.176. The fourth-order valence-corrected chi connectivity index (χ4v) is 3.07. The van der Waals surface area contributed by atoms with Crippen LogP contribution in [0.5, 0.6) is 0 Å². The molecule has 24 heavy (non-hydrogen) atoms. The highest BCUT2D eigenvalue weighted by molar-refractivity contribution is 7.08. The molecule has 0 bridgehead atoms. The van der Waals surface area contributed by atoms with Crippen molar-refractivity contribution in [2.24, 2.45) is 0 Å². The van der Waals surface area contributed by atoms with Gasteiger partial charge in [-0.25, -0.2) is 0 Å². The molecule has 6 nitrogen and oxygen atoms in total. The van der Waals surface area contributed by atoms with Crippen molar-refractivity contribution in [3.8, 4) is 11.4 Å². The van der Waals surface area contributed by atoms with Crippen molar-refractivity contribution < 1.29 is 13.4 Å². The SMILES string of the molecule is c1coc(CN(Cc2ccco2)Cc2nc(-c3ccsc3)no2)c1. The maximum atomic E-state index is 5.45. The molecule has 7 heteroatoms. The molecule has 0 saturated carbocycles. The Morgan fingerprint density at radius 2 is 1.71 bits per heavy atom. The predicted molar refractivity (Wildman–Crippen MR) is 88.0 cm³/mol. The average Bonchev–Trinajstić information content (AvgIpc) is 3.37. The van der Waals surface area contributed by atoms with Gasteiger partial charge in [0.05, 0.1) is 32.2 Å². The smallest absolute Gasteiger partial charge is 0.241 e. The van der Waals surface area contributed by atoms with Crippen LogP contribution in [0.25, 0.3) is 11.4 Å². The van der Waals surface area contributed by atoms with Crippen LogP contribution in [0.2, 0.25) is 0 Å². The van der Waals surface area contributed by atoms with E-state index in [1.54, 1.807) is 23.9 Å². The predicted octanol–water partition coefficient (Wildman–Crippen LogP) is 4.19. The summed E-state index contributed by atoms with van der Waals surface area (Å²) in [7, 11) is 0. The maximum absolute atomic E-state index is 5.45. The number of nitrogens with zero attached hydrogens (tertiary/aromatic N) is 3. The molecule has 0 aliphatic carbocycles. The fourth-order valence-electron chi connectivity index (χ4n) is 2.43. The molecule has 0 spiro atoms. The van der Waals surface area contributed by atoms with Gasteiger partial charge in [-0.05, 0) is 35.7 Å². The van der Waals surface area contributed by atoms with Gasteiger partial charge in [-0.3, -0.25) is 4.90 Å². The van der Waals surface area contributed by atoms with Crippen molar-refractivity contribution >= 4 is 11.3 Å². The third-order valence-electron chi connectivity index (χ3n) is 3.53. The third-order valence-corrected chi connectivity index (χ3v) is 4.21. The van der Waals surface area contributed by atoms with Gasteiger partial charge in [-0.2, -0.15) is 16.3 Å². The van der Waals surface area contributed by atoms with E-state index >= 15 is 0 Å². The number of hydrogen-bond donors (Lipinski definition) is 0. The lowest BCUT2D eigenvalue weighted by Crippen LogP contribution is -2.22. The van der Waals surface area contributed by atoms with Crippen LogP contribution in [0.15, 0.2) is 67.0 Å². The summed E-state index contributed by atoms with van der Waals surface area (Å²) in [5, 5.41) is 8.04. The molecule has 4 heterocycles. The zero-order chi connectivity index (χ0) is 16.2. The molecule has 0 aromatic carbocycles. The van der Waals surface area contributed by atoms with Crippen LogP contribution in [0, 0.1) is 0 Å². The first-order valence-electron chi connectivity index (χ1n) is 7.49. The number of aromatic nitrogens is 2. The van der Waals surface area contributed by atoms with Crippen LogP contribution in [0.1, 0.15) is 17.4 Å². The lowest BCUT2D eigenvalue weighted by molar-refractivity contribution is 0.183. The molecular formula is C17H15N3O3S. The first-order valence-corrected chi connectivity index (χ1v) is 8.43. The lowest BCUT2D eigenvalue weighted by Gasteiger charge is -2.17. The van der Waals surface area contributed by atoms with Crippen molar-refractivity contribution in [3.63, 3.8) is 0 Å². The van der Waals surface area contributed by atoms with Gasteiger partial charge in [0.1, 0.15) is 11.5 Å². The molecule has 4 aromatic rings. The Morgan fingerprint density at radius 3 is 2.29 bits per heavy atom. The van der Waals surface area contributed by atoms with E-state index in [1.165, 1.54) is 0 Å². The molecule has 0 saturated heterocycles. The first-order chi connectivity index (χ1) is 11.9. The summed E-state index contributed by atoms with van der Waals surface area (Å²) in [4.78, 5) is 6.60. The van der Waals surface area contributed by atoms with Crippen molar-refractivity contribution in [2.75, 3.05) is 0 Å². The van der Waals surface area contributed by atoms with E-state index in [0.717, 1.165) is 17.1 Å². The van der Waals surface area contributed by atoms with Gasteiger partial charge in [0.2, 0.25) is 11.7 Å². The molecule has 122 valence electrons. The van der Waals surface area contributed by atoms with E-state index in [4.69, 9.17) is 13.4 Å². The summed E-state index contributed by atoms with van der Waals surface area (Å²) in [6, 6.07) is 9.62. The van der Waals surface area contributed by atoms with Crippen LogP contribution < -0.4 is 0 Å². The summed E-state index contributed by atoms with van der Waals surface area (Å²) in [5.41, 5.74) is 0.971. The van der Waals surface area contributed by atoms with Crippen molar-refractivity contribution in [1.29, 1.82) is 0 Å². The van der Waals surface area contributed by atoms with Crippen molar-refractivity contribution in [2.45, 2.75) is 19.6 Å². The van der Waals surface area contributed by atoms with Crippen LogP contribution in [-0.2, 0) is 19.6 Å². The van der Waals surface area contributed by atoms with Gasteiger partial charge in [0.25, 0.3) is 0 Å². The van der Waals surface area contributed by atoms with Gasteiger partial charge < -0.3 is 13.4 Å². The molecule has 0 aliphatic rings. The highest BCUT2D eigenvalue weighted by atomic mass is 32.1. The normalized spacial score (nSPS) is 11.4. The van der Waals surface area contributed by atoms with Gasteiger partial charge in [0, 0.05) is 10.9 Å². The summed E-state index contributed by atoms with van der Waals surface area (Å²) < 4.78 is 16.3. The van der Waals surface area contributed by atoms with Crippen LogP contribution >= 0.6 is 11.3 Å². The van der Waals surface area contributed by atoms with Crippen LogP contribution in [-0.4, -0.2) is 15.0 Å². The highest BCUT2D eigenvalue weighted by Crippen LogP contribution is 2.20. The minimum Gasteiger partial charge on any atom is -0.468 e. The Labute approximate surface area is 142 Å². The van der Waals surface area contributed by atoms with Crippen molar-refractivity contribution in [1.82, 2.24) is 15.0 Å². The zero-order valence-electron chi connectivity index (χ0n) is 12.8. The third kappa shape index (κ3) is 3.47. The molecule has 0 atom stereocenters. The molecule has 0 N–H and O–H groups in total. The second-order valence-corrected chi connectivity index (χ2v) is 6.11. The van der Waals surface area contributed by atoms with Gasteiger partial charge >= 0.3 is 0 Å². The molecule has 0 aliphatic heterocycles. The number of furan rings is 2. The van der Waals surface area contributed by atoms with E-state index < -0.39 is 0 Å². The number of thiophene rings is 1. The van der Waals surface area contributed by atoms with Crippen LogP contribution in [0.3, 0.4) is 0 Å².